The summed E-state index contributed by atoms with van der Waals surface area (Å²) in [7, 11) is 0. The van der Waals surface area contributed by atoms with Crippen molar-refractivity contribution in [1.82, 2.24) is 5.32 Å². The van der Waals surface area contributed by atoms with Gasteiger partial charge in [-0.15, -0.1) is 12.4 Å². The fourth-order valence-corrected chi connectivity index (χ4v) is 1.97. The van der Waals surface area contributed by atoms with Gasteiger partial charge >= 0.3 is 0 Å². The number of rotatable bonds is 5. The molecule has 0 bridgehead atoms. The van der Waals surface area contributed by atoms with Gasteiger partial charge in [-0.3, -0.25) is 0 Å². The zero-order chi connectivity index (χ0) is 10.7. The highest BCUT2D eigenvalue weighted by Gasteiger charge is 2.39. The molecule has 1 aromatic carbocycles. The number of halogens is 1. The first-order valence-electron chi connectivity index (χ1n) is 5.73. The molecular formula is C13H20ClNO. The van der Waals surface area contributed by atoms with E-state index >= 15 is 0 Å². The van der Waals surface area contributed by atoms with Crippen molar-refractivity contribution in [2.45, 2.75) is 32.7 Å². The number of benzene rings is 1. The maximum Gasteiger partial charge on any atom is 0.115 e. The van der Waals surface area contributed by atoms with Gasteiger partial charge in [0.15, 0.2) is 0 Å². The van der Waals surface area contributed by atoms with E-state index < -0.39 is 0 Å². The number of phenolic OH excluding ortho intramolecular Hbond substituents is 1. The molecule has 0 heterocycles. The Morgan fingerprint density at radius 1 is 1.38 bits per heavy atom. The van der Waals surface area contributed by atoms with E-state index in [1.54, 1.807) is 6.07 Å². The monoisotopic (exact) mass is 241 g/mol. The molecule has 0 radical (unpaired) electrons. The Hall–Kier alpha value is -0.730. The van der Waals surface area contributed by atoms with Crippen LogP contribution in [-0.2, 0) is 6.54 Å². The molecule has 1 saturated carbocycles. The van der Waals surface area contributed by atoms with E-state index in [1.807, 2.05) is 18.2 Å². The highest BCUT2D eigenvalue weighted by atomic mass is 35.5. The third kappa shape index (κ3) is 3.39. The Morgan fingerprint density at radius 2 is 2.12 bits per heavy atom. The van der Waals surface area contributed by atoms with Crippen LogP contribution in [0.15, 0.2) is 24.3 Å². The Morgan fingerprint density at radius 3 is 2.69 bits per heavy atom. The van der Waals surface area contributed by atoms with E-state index in [9.17, 15) is 5.11 Å². The molecule has 0 unspecified atom stereocenters. The summed E-state index contributed by atoms with van der Waals surface area (Å²) < 4.78 is 0. The molecular weight excluding hydrogens is 222 g/mol. The lowest BCUT2D eigenvalue weighted by molar-refractivity contribution is 0.442. The summed E-state index contributed by atoms with van der Waals surface area (Å²) in [4.78, 5) is 0. The van der Waals surface area contributed by atoms with Gasteiger partial charge in [0.25, 0.3) is 0 Å². The second kappa shape index (κ2) is 5.55. The Bertz CT molecular complexity index is 336. The van der Waals surface area contributed by atoms with Crippen molar-refractivity contribution in [2.75, 3.05) is 6.54 Å². The van der Waals surface area contributed by atoms with Gasteiger partial charge in [0.05, 0.1) is 0 Å². The third-order valence-electron chi connectivity index (χ3n) is 3.45. The predicted molar refractivity (Wildman–Crippen MR) is 69.0 cm³/mol. The molecule has 1 aliphatic carbocycles. The van der Waals surface area contributed by atoms with E-state index in [-0.39, 0.29) is 12.4 Å². The van der Waals surface area contributed by atoms with Crippen LogP contribution in [0.2, 0.25) is 0 Å². The molecule has 0 aliphatic heterocycles. The van der Waals surface area contributed by atoms with Crippen molar-refractivity contribution >= 4 is 12.4 Å². The number of phenols is 1. The predicted octanol–water partition coefficient (Wildman–Crippen LogP) is 3.09. The lowest BCUT2D eigenvalue weighted by Crippen LogP contribution is -2.23. The van der Waals surface area contributed by atoms with E-state index in [4.69, 9.17) is 0 Å². The highest BCUT2D eigenvalue weighted by molar-refractivity contribution is 5.85. The maximum absolute atomic E-state index is 9.30. The van der Waals surface area contributed by atoms with Gasteiger partial charge in [-0.25, -0.2) is 0 Å². The Kier molecular flexibility index (Phi) is 4.63. The first-order valence-corrected chi connectivity index (χ1v) is 5.73. The zero-order valence-corrected chi connectivity index (χ0v) is 10.5. The van der Waals surface area contributed by atoms with Crippen LogP contribution < -0.4 is 5.32 Å². The summed E-state index contributed by atoms with van der Waals surface area (Å²) in [6.45, 7) is 4.23. The van der Waals surface area contributed by atoms with Crippen molar-refractivity contribution in [3.63, 3.8) is 0 Å². The number of aromatic hydroxyl groups is 1. The molecule has 16 heavy (non-hydrogen) atoms. The van der Waals surface area contributed by atoms with Gasteiger partial charge in [-0.05, 0) is 42.4 Å². The molecule has 0 aromatic heterocycles. The summed E-state index contributed by atoms with van der Waals surface area (Å²) in [5.74, 6) is 0.353. The van der Waals surface area contributed by atoms with Crippen molar-refractivity contribution in [3.8, 4) is 5.75 Å². The second-order valence-corrected chi connectivity index (χ2v) is 4.63. The van der Waals surface area contributed by atoms with Gasteiger partial charge in [0.1, 0.15) is 5.75 Å². The van der Waals surface area contributed by atoms with Crippen LogP contribution in [0, 0.1) is 5.41 Å². The first-order chi connectivity index (χ1) is 7.24. The minimum absolute atomic E-state index is 0. The number of nitrogens with one attached hydrogen (secondary N) is 1. The van der Waals surface area contributed by atoms with Gasteiger partial charge in [-0.2, -0.15) is 0 Å². The number of hydrogen-bond acceptors (Lipinski definition) is 2. The van der Waals surface area contributed by atoms with Crippen LogP contribution in [-0.4, -0.2) is 11.7 Å². The van der Waals surface area contributed by atoms with Gasteiger partial charge in [0, 0.05) is 13.1 Å². The normalized spacial score (nSPS) is 16.6. The first kappa shape index (κ1) is 13.3. The molecule has 1 fully saturated rings. The van der Waals surface area contributed by atoms with Crippen LogP contribution in [0.3, 0.4) is 0 Å². The molecule has 0 amide bonds. The Balaban J connectivity index is 0.00000128. The van der Waals surface area contributed by atoms with Crippen molar-refractivity contribution in [2.24, 2.45) is 5.41 Å². The van der Waals surface area contributed by atoms with Crippen LogP contribution in [0.25, 0.3) is 0 Å². The summed E-state index contributed by atoms with van der Waals surface area (Å²) in [6.07, 6.45) is 4.02. The molecule has 0 spiro atoms. The van der Waals surface area contributed by atoms with Gasteiger partial charge in [-0.1, -0.05) is 19.1 Å². The second-order valence-electron chi connectivity index (χ2n) is 4.63. The standard InChI is InChI=1S/C13H19NO.ClH/c1-2-13(6-7-13)10-14-9-11-4-3-5-12(15)8-11;/h3-5,8,14-15H,2,6-7,9-10H2,1H3;1H. The van der Waals surface area contributed by atoms with Crippen LogP contribution >= 0.6 is 12.4 Å². The van der Waals surface area contributed by atoms with Crippen LogP contribution in [0.1, 0.15) is 31.7 Å². The van der Waals surface area contributed by atoms with Crippen LogP contribution in [0.4, 0.5) is 0 Å². The molecule has 1 aliphatic rings. The summed E-state index contributed by atoms with van der Waals surface area (Å²) in [5.41, 5.74) is 1.75. The maximum atomic E-state index is 9.30. The largest absolute Gasteiger partial charge is 0.508 e. The van der Waals surface area contributed by atoms with Crippen molar-refractivity contribution in [1.29, 1.82) is 0 Å². The summed E-state index contributed by atoms with van der Waals surface area (Å²) in [5, 5.41) is 12.8. The quantitative estimate of drug-likeness (QED) is 0.831. The Labute approximate surface area is 103 Å². The fourth-order valence-electron chi connectivity index (χ4n) is 1.97. The molecule has 90 valence electrons. The molecule has 2 rings (SSSR count). The minimum Gasteiger partial charge on any atom is -0.508 e. The lowest BCUT2D eigenvalue weighted by Gasteiger charge is -2.13. The highest BCUT2D eigenvalue weighted by Crippen LogP contribution is 2.47. The molecule has 1 aromatic rings. The van der Waals surface area contributed by atoms with Crippen molar-refractivity contribution in [3.05, 3.63) is 29.8 Å². The molecule has 2 nitrogen and oxygen atoms in total. The van der Waals surface area contributed by atoms with E-state index in [1.165, 1.54) is 19.3 Å². The smallest absolute Gasteiger partial charge is 0.115 e. The van der Waals surface area contributed by atoms with E-state index in [2.05, 4.69) is 12.2 Å². The fraction of sp³-hybridized carbons (Fsp3) is 0.538. The van der Waals surface area contributed by atoms with Gasteiger partial charge < -0.3 is 10.4 Å². The molecule has 0 atom stereocenters. The summed E-state index contributed by atoms with van der Waals surface area (Å²) in [6, 6.07) is 7.45. The molecule has 3 heteroatoms. The van der Waals surface area contributed by atoms with Crippen molar-refractivity contribution < 1.29 is 5.11 Å². The molecule has 2 N–H and O–H groups in total. The van der Waals surface area contributed by atoms with Gasteiger partial charge in [0.2, 0.25) is 0 Å². The average molecular weight is 242 g/mol. The van der Waals surface area contributed by atoms with Crippen LogP contribution in [0.5, 0.6) is 5.75 Å². The lowest BCUT2D eigenvalue weighted by atomic mass is 10.0. The minimum atomic E-state index is 0. The van der Waals surface area contributed by atoms with E-state index in [0.29, 0.717) is 11.2 Å². The third-order valence-corrected chi connectivity index (χ3v) is 3.45. The SMILES string of the molecule is CCC1(CNCc2cccc(O)c2)CC1.Cl. The topological polar surface area (TPSA) is 32.3 Å². The summed E-state index contributed by atoms with van der Waals surface area (Å²) >= 11 is 0. The van der Waals surface area contributed by atoms with E-state index in [0.717, 1.165) is 18.7 Å². The number of hydrogen-bond donors (Lipinski definition) is 2. The molecule has 0 saturated heterocycles. The zero-order valence-electron chi connectivity index (χ0n) is 9.70. The average Bonchev–Trinajstić information content (AvgIpc) is 2.99.